The fourth-order valence-corrected chi connectivity index (χ4v) is 3.73. The van der Waals surface area contributed by atoms with Crippen LogP contribution < -0.4 is 5.32 Å². The van der Waals surface area contributed by atoms with Gasteiger partial charge in [0.1, 0.15) is 10.8 Å². The molecule has 0 aromatic carbocycles. The molecular formula is C12H16N2OS. The summed E-state index contributed by atoms with van der Waals surface area (Å²) in [5.74, 6) is 0.636. The predicted molar refractivity (Wildman–Crippen MR) is 63.6 cm³/mol. The molecule has 3 atom stereocenters. The third kappa shape index (κ3) is 1.80. The molecule has 16 heavy (non-hydrogen) atoms. The van der Waals surface area contributed by atoms with E-state index in [9.17, 15) is 4.79 Å². The number of rotatable bonds is 3. The molecule has 0 aliphatic carbocycles. The van der Waals surface area contributed by atoms with Crippen LogP contribution in [0.15, 0.2) is 5.38 Å². The van der Waals surface area contributed by atoms with Gasteiger partial charge in [-0.15, -0.1) is 11.3 Å². The van der Waals surface area contributed by atoms with E-state index in [1.54, 1.807) is 11.3 Å². The van der Waals surface area contributed by atoms with Crippen molar-refractivity contribution in [1.82, 2.24) is 10.3 Å². The molecule has 2 fully saturated rings. The van der Waals surface area contributed by atoms with E-state index in [1.165, 1.54) is 12.8 Å². The van der Waals surface area contributed by atoms with Gasteiger partial charge in [-0.05, 0) is 26.2 Å². The number of nitrogens with one attached hydrogen (secondary N) is 1. The molecule has 0 amide bonds. The van der Waals surface area contributed by atoms with Gasteiger partial charge in [0.2, 0.25) is 0 Å². The Hall–Kier alpha value is -0.740. The Balaban J connectivity index is 1.65. The van der Waals surface area contributed by atoms with Crippen LogP contribution in [0, 0.1) is 12.8 Å². The van der Waals surface area contributed by atoms with Crippen molar-refractivity contribution in [2.24, 2.45) is 5.92 Å². The predicted octanol–water partition coefficient (Wildman–Crippen LogP) is 1.70. The van der Waals surface area contributed by atoms with Gasteiger partial charge in [-0.1, -0.05) is 0 Å². The maximum absolute atomic E-state index is 12.1. The number of hydrogen-bond donors (Lipinski definition) is 1. The lowest BCUT2D eigenvalue weighted by Crippen LogP contribution is -2.29. The zero-order valence-electron chi connectivity index (χ0n) is 9.40. The molecule has 86 valence electrons. The Kier molecular flexibility index (Phi) is 2.56. The van der Waals surface area contributed by atoms with E-state index in [0.29, 0.717) is 24.3 Å². The van der Waals surface area contributed by atoms with Gasteiger partial charge < -0.3 is 5.32 Å². The average molecular weight is 236 g/mol. The molecule has 2 aliphatic rings. The van der Waals surface area contributed by atoms with Crippen molar-refractivity contribution < 1.29 is 4.79 Å². The molecule has 0 saturated carbocycles. The zero-order valence-corrected chi connectivity index (χ0v) is 10.2. The highest BCUT2D eigenvalue weighted by Gasteiger charge is 2.42. The lowest BCUT2D eigenvalue weighted by molar-refractivity contribution is -0.122. The highest BCUT2D eigenvalue weighted by atomic mass is 32.1. The highest BCUT2D eigenvalue weighted by Crippen LogP contribution is 2.34. The number of carbonyl (C=O) groups excluding carboxylic acids is 1. The van der Waals surface area contributed by atoms with Crippen molar-refractivity contribution in [2.75, 3.05) is 0 Å². The smallest absolute Gasteiger partial charge is 0.144 e. The van der Waals surface area contributed by atoms with Gasteiger partial charge in [-0.2, -0.15) is 0 Å². The number of carbonyl (C=O) groups is 1. The SMILES string of the molecule is Cc1csc(CC(=O)C2CC3CCC2N3)n1. The Labute approximate surface area is 99.3 Å². The van der Waals surface area contributed by atoms with Crippen molar-refractivity contribution in [3.05, 3.63) is 16.1 Å². The Morgan fingerprint density at radius 3 is 3.06 bits per heavy atom. The van der Waals surface area contributed by atoms with Crippen molar-refractivity contribution >= 4 is 17.1 Å². The van der Waals surface area contributed by atoms with Gasteiger partial charge in [-0.25, -0.2) is 4.98 Å². The van der Waals surface area contributed by atoms with Crippen LogP contribution in [0.5, 0.6) is 0 Å². The minimum Gasteiger partial charge on any atom is -0.310 e. The average Bonchev–Trinajstić information content (AvgIpc) is 2.93. The molecule has 0 spiro atoms. The minimum absolute atomic E-state index is 0.253. The van der Waals surface area contributed by atoms with E-state index in [2.05, 4.69) is 10.3 Å². The van der Waals surface area contributed by atoms with E-state index in [0.717, 1.165) is 17.1 Å². The maximum Gasteiger partial charge on any atom is 0.144 e. The van der Waals surface area contributed by atoms with Gasteiger partial charge in [0.15, 0.2) is 0 Å². The summed E-state index contributed by atoms with van der Waals surface area (Å²) in [6.07, 6.45) is 4.02. The van der Waals surface area contributed by atoms with Crippen molar-refractivity contribution in [1.29, 1.82) is 0 Å². The minimum atomic E-state index is 0.253. The zero-order chi connectivity index (χ0) is 11.1. The number of nitrogens with zero attached hydrogens (tertiary/aromatic N) is 1. The Morgan fingerprint density at radius 1 is 1.62 bits per heavy atom. The Morgan fingerprint density at radius 2 is 2.50 bits per heavy atom. The van der Waals surface area contributed by atoms with E-state index < -0.39 is 0 Å². The first-order valence-corrected chi connectivity index (χ1v) is 6.80. The van der Waals surface area contributed by atoms with Crippen LogP contribution in [0.1, 0.15) is 30.0 Å². The molecule has 3 unspecified atom stereocenters. The summed E-state index contributed by atoms with van der Waals surface area (Å²) in [5, 5.41) is 6.50. The maximum atomic E-state index is 12.1. The second-order valence-electron chi connectivity index (χ2n) is 4.92. The number of ketones is 1. The molecule has 2 bridgehead atoms. The fourth-order valence-electron chi connectivity index (χ4n) is 2.94. The summed E-state index contributed by atoms with van der Waals surface area (Å²) in [5.41, 5.74) is 1.03. The van der Waals surface area contributed by atoms with Crippen LogP contribution in [0.2, 0.25) is 0 Å². The molecule has 1 aromatic rings. The third-order valence-electron chi connectivity index (χ3n) is 3.71. The molecule has 3 nitrogen and oxygen atoms in total. The van der Waals surface area contributed by atoms with Crippen molar-refractivity contribution in [3.63, 3.8) is 0 Å². The molecule has 2 saturated heterocycles. The summed E-state index contributed by atoms with van der Waals surface area (Å²) < 4.78 is 0. The largest absolute Gasteiger partial charge is 0.310 e. The summed E-state index contributed by atoms with van der Waals surface area (Å²) in [4.78, 5) is 16.5. The summed E-state index contributed by atoms with van der Waals surface area (Å²) >= 11 is 1.60. The highest BCUT2D eigenvalue weighted by molar-refractivity contribution is 7.09. The second kappa shape index (κ2) is 3.93. The number of fused-ring (bicyclic) bond motifs is 2. The van der Waals surface area contributed by atoms with Crippen LogP contribution >= 0.6 is 11.3 Å². The van der Waals surface area contributed by atoms with Gasteiger partial charge in [0.05, 0.1) is 6.42 Å². The van der Waals surface area contributed by atoms with Gasteiger partial charge >= 0.3 is 0 Å². The molecule has 3 rings (SSSR count). The standard InChI is InChI=1S/C12H16N2OS/c1-7-6-16-12(13-7)5-11(15)9-4-8-2-3-10(9)14-8/h6,8-10,14H,2-5H2,1H3. The molecule has 4 heteroatoms. The van der Waals surface area contributed by atoms with Crippen molar-refractivity contribution in [3.8, 4) is 0 Å². The number of Topliss-reactive ketones (excluding diaryl/α,β-unsaturated/α-hetero) is 1. The fraction of sp³-hybridized carbons (Fsp3) is 0.667. The summed E-state index contributed by atoms with van der Waals surface area (Å²) in [6.45, 7) is 1.98. The normalized spacial score (nSPS) is 32.2. The lowest BCUT2D eigenvalue weighted by atomic mass is 9.85. The van der Waals surface area contributed by atoms with E-state index in [1.807, 2.05) is 12.3 Å². The number of aromatic nitrogens is 1. The quantitative estimate of drug-likeness (QED) is 0.868. The van der Waals surface area contributed by atoms with Gasteiger partial charge in [-0.3, -0.25) is 4.79 Å². The lowest BCUT2D eigenvalue weighted by Gasteiger charge is -2.17. The first-order chi connectivity index (χ1) is 7.72. The van der Waals surface area contributed by atoms with Gasteiger partial charge in [0, 0.05) is 29.1 Å². The summed E-state index contributed by atoms with van der Waals surface area (Å²) in [7, 11) is 0. The number of hydrogen-bond acceptors (Lipinski definition) is 4. The number of thiazole rings is 1. The summed E-state index contributed by atoms with van der Waals surface area (Å²) in [6, 6.07) is 1.07. The van der Waals surface area contributed by atoms with Crippen LogP contribution in [-0.4, -0.2) is 22.9 Å². The van der Waals surface area contributed by atoms with Crippen LogP contribution in [-0.2, 0) is 11.2 Å². The van der Waals surface area contributed by atoms with E-state index in [4.69, 9.17) is 0 Å². The molecule has 0 radical (unpaired) electrons. The van der Waals surface area contributed by atoms with Gasteiger partial charge in [0.25, 0.3) is 0 Å². The molecule has 3 heterocycles. The molecule has 1 N–H and O–H groups in total. The topological polar surface area (TPSA) is 42.0 Å². The Bertz CT molecular complexity index is 415. The van der Waals surface area contributed by atoms with Crippen LogP contribution in [0.4, 0.5) is 0 Å². The van der Waals surface area contributed by atoms with Crippen LogP contribution in [0.25, 0.3) is 0 Å². The second-order valence-corrected chi connectivity index (χ2v) is 5.86. The molecule has 1 aromatic heterocycles. The van der Waals surface area contributed by atoms with E-state index in [-0.39, 0.29) is 5.92 Å². The van der Waals surface area contributed by atoms with Crippen molar-refractivity contribution in [2.45, 2.75) is 44.7 Å². The van der Waals surface area contributed by atoms with Crippen LogP contribution in [0.3, 0.4) is 0 Å². The first kappa shape index (κ1) is 10.4. The molecular weight excluding hydrogens is 220 g/mol. The monoisotopic (exact) mass is 236 g/mol. The third-order valence-corrected chi connectivity index (χ3v) is 4.67. The number of aryl methyl sites for hydroxylation is 1. The molecule has 2 aliphatic heterocycles. The van der Waals surface area contributed by atoms with E-state index >= 15 is 0 Å². The first-order valence-electron chi connectivity index (χ1n) is 5.92.